The summed E-state index contributed by atoms with van der Waals surface area (Å²) in [5.74, 6) is 0. The Morgan fingerprint density at radius 2 is 1.58 bits per heavy atom. The molecule has 5 N–H and O–H groups in total. The lowest BCUT2D eigenvalue weighted by Gasteiger charge is -2.34. The van der Waals surface area contributed by atoms with Crippen LogP contribution in [0.15, 0.2) is 0 Å². The van der Waals surface area contributed by atoms with Crippen LogP contribution < -0.4 is 0 Å². The molecule has 1 saturated heterocycles. The van der Waals surface area contributed by atoms with Gasteiger partial charge >= 0.3 is 6.29 Å². The average molecular weight is 179 g/mol. The SMILES string of the molecule is O[C@@H]1[C@H](O)[C@H](O)O[C@H](C=[OH+])[C@H]1O. The topological polar surface area (TPSA) is 112 Å². The zero-order valence-corrected chi connectivity index (χ0v) is 6.11. The van der Waals surface area contributed by atoms with Crippen molar-refractivity contribution in [1.29, 1.82) is 0 Å². The van der Waals surface area contributed by atoms with E-state index in [-0.39, 0.29) is 0 Å². The van der Waals surface area contributed by atoms with Crippen LogP contribution in [0.2, 0.25) is 0 Å². The van der Waals surface area contributed by atoms with Crippen LogP contribution in [0.4, 0.5) is 0 Å². The van der Waals surface area contributed by atoms with Crippen molar-refractivity contribution in [3.8, 4) is 0 Å². The van der Waals surface area contributed by atoms with Crippen LogP contribution in [0.1, 0.15) is 0 Å². The highest BCUT2D eigenvalue weighted by Gasteiger charge is 2.44. The molecule has 0 aromatic rings. The highest BCUT2D eigenvalue weighted by atomic mass is 16.6. The first-order chi connectivity index (χ1) is 5.57. The van der Waals surface area contributed by atoms with Gasteiger partial charge in [0.05, 0.1) is 0 Å². The van der Waals surface area contributed by atoms with Gasteiger partial charge in [-0.25, -0.2) is 0 Å². The summed E-state index contributed by atoms with van der Waals surface area (Å²) in [6, 6.07) is 0. The van der Waals surface area contributed by atoms with Crippen LogP contribution in [0.3, 0.4) is 0 Å². The van der Waals surface area contributed by atoms with Gasteiger partial charge in [0, 0.05) is 0 Å². The Morgan fingerprint density at radius 1 is 1.00 bits per heavy atom. The maximum Gasteiger partial charge on any atom is 0.313 e. The second-order valence-corrected chi connectivity index (χ2v) is 2.61. The molecule has 70 valence electrons. The number of hydrogen-bond acceptors (Lipinski definition) is 5. The molecule has 0 radical (unpaired) electrons. The lowest BCUT2D eigenvalue weighted by Crippen LogP contribution is -2.57. The van der Waals surface area contributed by atoms with E-state index in [1.807, 2.05) is 0 Å². The molecule has 0 aromatic carbocycles. The van der Waals surface area contributed by atoms with Crippen LogP contribution in [0.25, 0.3) is 0 Å². The van der Waals surface area contributed by atoms with Gasteiger partial charge in [-0.15, -0.1) is 0 Å². The Morgan fingerprint density at radius 3 is 2.08 bits per heavy atom. The van der Waals surface area contributed by atoms with Crippen molar-refractivity contribution in [2.45, 2.75) is 30.7 Å². The van der Waals surface area contributed by atoms with Crippen molar-refractivity contribution in [2.75, 3.05) is 0 Å². The normalized spacial score (nSPS) is 48.8. The van der Waals surface area contributed by atoms with E-state index in [0.717, 1.165) is 0 Å². The first-order valence-corrected chi connectivity index (χ1v) is 3.43. The molecular formula is C6H11O6+. The van der Waals surface area contributed by atoms with Crippen molar-refractivity contribution in [3.05, 3.63) is 0 Å². The molecule has 0 amide bonds. The van der Waals surface area contributed by atoms with E-state index in [9.17, 15) is 0 Å². The monoisotopic (exact) mass is 179 g/mol. The van der Waals surface area contributed by atoms with Crippen LogP contribution in [-0.4, -0.2) is 62.2 Å². The lowest BCUT2D eigenvalue weighted by atomic mass is 10.00. The molecule has 1 rings (SSSR count). The van der Waals surface area contributed by atoms with Gasteiger partial charge in [-0.1, -0.05) is 0 Å². The fourth-order valence-electron chi connectivity index (χ4n) is 1.01. The zero-order chi connectivity index (χ0) is 9.30. The smallest absolute Gasteiger partial charge is 0.313 e. The first kappa shape index (κ1) is 9.56. The number of aldehydes is 1. The zero-order valence-electron chi connectivity index (χ0n) is 6.11. The summed E-state index contributed by atoms with van der Waals surface area (Å²) in [4.78, 5) is 8.47. The Hall–Kier alpha value is -0.530. The van der Waals surface area contributed by atoms with Crippen LogP contribution in [-0.2, 0) is 4.74 Å². The van der Waals surface area contributed by atoms with E-state index in [2.05, 4.69) is 4.74 Å². The van der Waals surface area contributed by atoms with Crippen molar-refractivity contribution < 1.29 is 30.0 Å². The number of carbonyl (C=O) groups excluding carboxylic acids is 1. The Kier molecular flexibility index (Phi) is 2.76. The number of ether oxygens (including phenoxy) is 1. The number of hydrogen-bond donors (Lipinski definition) is 4. The maximum atomic E-state index is 9.09. The third-order valence-electron chi connectivity index (χ3n) is 1.77. The van der Waals surface area contributed by atoms with Crippen molar-refractivity contribution in [1.82, 2.24) is 0 Å². The molecule has 0 unspecified atom stereocenters. The fraction of sp³-hybridized carbons (Fsp3) is 0.833. The molecule has 1 fully saturated rings. The number of rotatable bonds is 1. The van der Waals surface area contributed by atoms with Gasteiger partial charge < -0.3 is 25.2 Å². The van der Waals surface area contributed by atoms with Gasteiger partial charge in [0.2, 0.25) is 0 Å². The maximum absolute atomic E-state index is 9.09. The van der Waals surface area contributed by atoms with Crippen molar-refractivity contribution >= 4 is 6.29 Å². The number of aliphatic hydroxyl groups excluding tert-OH is 4. The Labute approximate surface area is 68.0 Å². The van der Waals surface area contributed by atoms with Gasteiger partial charge in [-0.05, 0) is 0 Å². The predicted octanol–water partition coefficient (Wildman–Crippen LogP) is -3.04. The van der Waals surface area contributed by atoms with E-state index in [0.29, 0.717) is 6.29 Å². The summed E-state index contributed by atoms with van der Waals surface area (Å²) >= 11 is 0. The van der Waals surface area contributed by atoms with E-state index in [4.69, 9.17) is 25.2 Å². The molecule has 0 aromatic heterocycles. The van der Waals surface area contributed by atoms with Crippen LogP contribution >= 0.6 is 0 Å². The molecule has 0 aliphatic carbocycles. The van der Waals surface area contributed by atoms with E-state index in [1.54, 1.807) is 0 Å². The largest absolute Gasteiger partial charge is 0.387 e. The van der Waals surface area contributed by atoms with Gasteiger partial charge in [0.1, 0.15) is 18.3 Å². The Balaban J connectivity index is 2.70. The molecule has 1 heterocycles. The highest BCUT2D eigenvalue weighted by Crippen LogP contribution is 2.17. The minimum Gasteiger partial charge on any atom is -0.387 e. The summed E-state index contributed by atoms with van der Waals surface area (Å²) in [7, 11) is 0. The summed E-state index contributed by atoms with van der Waals surface area (Å²) in [6.07, 6.45) is -6.80. The summed E-state index contributed by atoms with van der Waals surface area (Å²) in [5, 5.41) is 36.0. The minimum absolute atomic E-state index is 0.503. The third kappa shape index (κ3) is 1.47. The number of aliphatic hydroxyl groups is 4. The minimum atomic E-state index is -1.60. The standard InChI is InChI=1S/C6H10O6/c7-1-2-3(8)4(9)5(10)6(11)12-2/h1-6,8-11H/p+1/t2-,3-,4+,5+,6-/m1/s1. The molecular weight excluding hydrogens is 168 g/mol. The molecule has 6 heteroatoms. The summed E-state index contributed by atoms with van der Waals surface area (Å²) in [6.45, 7) is 0. The van der Waals surface area contributed by atoms with Gasteiger partial charge in [-0.2, -0.15) is 0 Å². The molecule has 12 heavy (non-hydrogen) atoms. The second-order valence-electron chi connectivity index (χ2n) is 2.61. The summed E-state index contributed by atoms with van der Waals surface area (Å²) < 4.78 is 4.52. The molecule has 0 saturated carbocycles. The van der Waals surface area contributed by atoms with Crippen molar-refractivity contribution in [3.63, 3.8) is 0 Å². The summed E-state index contributed by atoms with van der Waals surface area (Å²) in [5.41, 5.74) is 0. The van der Waals surface area contributed by atoms with Crippen LogP contribution in [0.5, 0.6) is 0 Å². The van der Waals surface area contributed by atoms with E-state index < -0.39 is 30.7 Å². The molecule has 1 aliphatic rings. The predicted molar refractivity (Wildman–Crippen MR) is 36.9 cm³/mol. The van der Waals surface area contributed by atoms with Gasteiger partial charge in [0.15, 0.2) is 12.4 Å². The fourth-order valence-corrected chi connectivity index (χ4v) is 1.01. The lowest BCUT2D eigenvalue weighted by molar-refractivity contribution is -0.266. The second kappa shape index (κ2) is 3.46. The quantitative estimate of drug-likeness (QED) is 0.252. The Bertz CT molecular complexity index is 171. The third-order valence-corrected chi connectivity index (χ3v) is 1.77. The molecule has 5 atom stereocenters. The average Bonchev–Trinajstić information content (AvgIpc) is 2.08. The molecule has 0 bridgehead atoms. The first-order valence-electron chi connectivity index (χ1n) is 3.43. The van der Waals surface area contributed by atoms with E-state index in [1.165, 1.54) is 0 Å². The van der Waals surface area contributed by atoms with Crippen LogP contribution in [0, 0.1) is 0 Å². The van der Waals surface area contributed by atoms with E-state index >= 15 is 0 Å². The van der Waals surface area contributed by atoms with Gasteiger partial charge in [0.25, 0.3) is 0 Å². The highest BCUT2D eigenvalue weighted by molar-refractivity contribution is 5.58. The molecule has 0 spiro atoms. The molecule has 1 aliphatic heterocycles. The van der Waals surface area contributed by atoms with Crippen molar-refractivity contribution in [2.24, 2.45) is 0 Å². The molecule has 6 nitrogen and oxygen atoms in total. The van der Waals surface area contributed by atoms with Gasteiger partial charge in [-0.3, -0.25) is 4.79 Å².